The van der Waals surface area contributed by atoms with Gasteiger partial charge in [-0.2, -0.15) is 4.31 Å². The zero-order valence-corrected chi connectivity index (χ0v) is 18.4. The summed E-state index contributed by atoms with van der Waals surface area (Å²) >= 11 is 0. The highest BCUT2D eigenvalue weighted by Gasteiger charge is 2.27. The van der Waals surface area contributed by atoms with Crippen molar-refractivity contribution in [2.45, 2.75) is 38.0 Å². The second-order valence-electron chi connectivity index (χ2n) is 7.43. The van der Waals surface area contributed by atoms with Gasteiger partial charge in [-0.25, -0.2) is 8.42 Å². The number of aryl methyl sites for hydroxylation is 2. The topological polar surface area (TPSA) is 84.9 Å². The van der Waals surface area contributed by atoms with Gasteiger partial charge in [0.15, 0.2) is 6.61 Å². The number of nitrogens with zero attached hydrogens (tertiary/aromatic N) is 1. The number of methoxy groups -OCH3 is 1. The van der Waals surface area contributed by atoms with Crippen molar-refractivity contribution in [2.75, 3.05) is 32.1 Å². The van der Waals surface area contributed by atoms with Gasteiger partial charge >= 0.3 is 0 Å². The molecular weight excluding hydrogens is 404 g/mol. The summed E-state index contributed by atoms with van der Waals surface area (Å²) in [5, 5.41) is 2.71. The lowest BCUT2D eigenvalue weighted by atomic mass is 10.1. The van der Waals surface area contributed by atoms with Crippen molar-refractivity contribution < 1.29 is 22.7 Å². The second-order valence-corrected chi connectivity index (χ2v) is 9.37. The van der Waals surface area contributed by atoms with Crippen molar-refractivity contribution in [1.29, 1.82) is 0 Å². The maximum atomic E-state index is 13.0. The maximum Gasteiger partial charge on any atom is 0.262 e. The van der Waals surface area contributed by atoms with E-state index in [1.165, 1.54) is 23.5 Å². The number of benzene rings is 2. The molecule has 1 amide bonds. The molecule has 8 heteroatoms. The van der Waals surface area contributed by atoms with E-state index in [1.807, 2.05) is 32.0 Å². The SMILES string of the molecule is COc1ccc(S(=O)(=O)N2CCCCC2)cc1NC(=O)COc1cc(C)ccc1C. The lowest BCUT2D eigenvalue weighted by Crippen LogP contribution is -2.35. The van der Waals surface area contributed by atoms with Gasteiger partial charge in [0.05, 0.1) is 17.7 Å². The van der Waals surface area contributed by atoms with Gasteiger partial charge in [0.2, 0.25) is 10.0 Å². The smallest absolute Gasteiger partial charge is 0.262 e. The van der Waals surface area contributed by atoms with Crippen LogP contribution in [0.4, 0.5) is 5.69 Å². The van der Waals surface area contributed by atoms with Crippen LogP contribution in [0.2, 0.25) is 0 Å². The molecule has 3 rings (SSSR count). The average Bonchev–Trinajstić information content (AvgIpc) is 2.75. The molecule has 0 spiro atoms. The summed E-state index contributed by atoms with van der Waals surface area (Å²) in [7, 11) is -2.15. The zero-order chi connectivity index (χ0) is 21.7. The summed E-state index contributed by atoms with van der Waals surface area (Å²) < 4.78 is 38.3. The molecule has 162 valence electrons. The van der Waals surface area contributed by atoms with Crippen molar-refractivity contribution in [1.82, 2.24) is 4.31 Å². The Kier molecular flexibility index (Phi) is 6.99. The Balaban J connectivity index is 1.75. The van der Waals surface area contributed by atoms with Crippen LogP contribution in [0, 0.1) is 13.8 Å². The highest BCUT2D eigenvalue weighted by atomic mass is 32.2. The Hall–Kier alpha value is -2.58. The lowest BCUT2D eigenvalue weighted by molar-refractivity contribution is -0.118. The molecule has 1 fully saturated rings. The molecule has 7 nitrogen and oxygen atoms in total. The quantitative estimate of drug-likeness (QED) is 0.724. The molecule has 2 aromatic rings. The predicted molar refractivity (Wildman–Crippen MR) is 116 cm³/mol. The van der Waals surface area contributed by atoms with Crippen LogP contribution in [0.1, 0.15) is 30.4 Å². The molecule has 1 heterocycles. The van der Waals surface area contributed by atoms with Gasteiger partial charge in [0.25, 0.3) is 5.91 Å². The minimum atomic E-state index is -3.62. The van der Waals surface area contributed by atoms with Gasteiger partial charge in [-0.1, -0.05) is 18.6 Å². The molecule has 0 radical (unpaired) electrons. The summed E-state index contributed by atoms with van der Waals surface area (Å²) in [6.45, 7) is 4.69. The fraction of sp³-hybridized carbons (Fsp3) is 0.409. The van der Waals surface area contributed by atoms with Crippen LogP contribution < -0.4 is 14.8 Å². The first kappa shape index (κ1) is 22.1. The molecule has 0 bridgehead atoms. The van der Waals surface area contributed by atoms with Gasteiger partial charge < -0.3 is 14.8 Å². The van der Waals surface area contributed by atoms with E-state index in [9.17, 15) is 13.2 Å². The lowest BCUT2D eigenvalue weighted by Gasteiger charge is -2.26. The first-order valence-corrected chi connectivity index (χ1v) is 11.4. The van der Waals surface area contributed by atoms with Crippen LogP contribution >= 0.6 is 0 Å². The van der Waals surface area contributed by atoms with Crippen LogP contribution in [0.25, 0.3) is 0 Å². The Morgan fingerprint density at radius 1 is 1.03 bits per heavy atom. The number of anilines is 1. The third-order valence-electron chi connectivity index (χ3n) is 5.10. The molecule has 1 N–H and O–H groups in total. The molecular formula is C22H28N2O5S. The normalized spacial score (nSPS) is 14.9. The third kappa shape index (κ3) is 5.12. The van der Waals surface area contributed by atoms with Gasteiger partial charge in [-0.05, 0) is 62.1 Å². The van der Waals surface area contributed by atoms with Crippen LogP contribution in [0.3, 0.4) is 0 Å². The van der Waals surface area contributed by atoms with E-state index in [0.29, 0.717) is 30.3 Å². The fourth-order valence-corrected chi connectivity index (χ4v) is 4.94. The van der Waals surface area contributed by atoms with Gasteiger partial charge in [-0.3, -0.25) is 4.79 Å². The van der Waals surface area contributed by atoms with E-state index < -0.39 is 15.9 Å². The van der Waals surface area contributed by atoms with E-state index in [2.05, 4.69) is 5.32 Å². The van der Waals surface area contributed by atoms with Crippen molar-refractivity contribution in [3.63, 3.8) is 0 Å². The molecule has 1 aliphatic heterocycles. The summed E-state index contributed by atoms with van der Waals surface area (Å²) in [5.74, 6) is 0.618. The number of hydrogen-bond donors (Lipinski definition) is 1. The fourth-order valence-electron chi connectivity index (χ4n) is 3.39. The van der Waals surface area contributed by atoms with Gasteiger partial charge in [0, 0.05) is 13.1 Å². The molecule has 30 heavy (non-hydrogen) atoms. The monoisotopic (exact) mass is 432 g/mol. The maximum absolute atomic E-state index is 13.0. The van der Waals surface area contributed by atoms with Gasteiger partial charge in [0.1, 0.15) is 11.5 Å². The summed E-state index contributed by atoms with van der Waals surface area (Å²) in [5.41, 5.74) is 2.26. The van der Waals surface area contributed by atoms with Crippen molar-refractivity contribution in [2.24, 2.45) is 0 Å². The number of sulfonamides is 1. The van der Waals surface area contributed by atoms with Crippen LogP contribution in [0.5, 0.6) is 11.5 Å². The van der Waals surface area contributed by atoms with Crippen molar-refractivity contribution in [3.8, 4) is 11.5 Å². The van der Waals surface area contributed by atoms with Crippen LogP contribution in [-0.2, 0) is 14.8 Å². The standard InChI is InChI=1S/C22H28N2O5S/c1-16-7-8-17(2)21(13-16)29-15-22(25)23-19-14-18(9-10-20(19)28-3)30(26,27)24-11-5-4-6-12-24/h7-10,13-14H,4-6,11-12,15H2,1-3H3,(H,23,25). The molecule has 0 saturated carbocycles. The predicted octanol–water partition coefficient (Wildman–Crippen LogP) is 3.50. The number of piperidine rings is 1. The van der Waals surface area contributed by atoms with Crippen LogP contribution in [-0.4, -0.2) is 45.4 Å². The molecule has 1 saturated heterocycles. The summed E-state index contributed by atoms with van der Waals surface area (Å²) in [6, 6.07) is 10.3. The molecule has 0 unspecified atom stereocenters. The highest BCUT2D eigenvalue weighted by Crippen LogP contribution is 2.30. The molecule has 1 aliphatic rings. The van der Waals surface area contributed by atoms with E-state index in [1.54, 1.807) is 6.07 Å². The molecule has 0 atom stereocenters. The number of amides is 1. The highest BCUT2D eigenvalue weighted by molar-refractivity contribution is 7.89. The number of rotatable bonds is 7. The molecule has 2 aromatic carbocycles. The van der Waals surface area contributed by atoms with Crippen LogP contribution in [0.15, 0.2) is 41.3 Å². The summed E-state index contributed by atoms with van der Waals surface area (Å²) in [4.78, 5) is 12.6. The van der Waals surface area contributed by atoms with E-state index in [0.717, 1.165) is 30.4 Å². The third-order valence-corrected chi connectivity index (χ3v) is 6.99. The largest absolute Gasteiger partial charge is 0.495 e. The van der Waals surface area contributed by atoms with E-state index in [4.69, 9.17) is 9.47 Å². The van der Waals surface area contributed by atoms with E-state index >= 15 is 0 Å². The second kappa shape index (κ2) is 9.49. The first-order valence-electron chi connectivity index (χ1n) is 9.99. The Labute approximate surface area is 178 Å². The van der Waals surface area contributed by atoms with E-state index in [-0.39, 0.29) is 11.5 Å². The minimum absolute atomic E-state index is 0.135. The summed E-state index contributed by atoms with van der Waals surface area (Å²) in [6.07, 6.45) is 2.75. The Morgan fingerprint density at radius 2 is 1.77 bits per heavy atom. The Morgan fingerprint density at radius 3 is 2.47 bits per heavy atom. The molecule has 0 aliphatic carbocycles. The van der Waals surface area contributed by atoms with Crippen molar-refractivity contribution in [3.05, 3.63) is 47.5 Å². The Bertz CT molecular complexity index is 1010. The number of hydrogen-bond acceptors (Lipinski definition) is 5. The first-order chi connectivity index (χ1) is 14.3. The molecule has 0 aromatic heterocycles. The minimum Gasteiger partial charge on any atom is -0.495 e. The van der Waals surface area contributed by atoms with Crippen molar-refractivity contribution >= 4 is 21.6 Å². The number of carbonyl (C=O) groups is 1. The number of carbonyl (C=O) groups excluding carboxylic acids is 1. The zero-order valence-electron chi connectivity index (χ0n) is 17.6. The average molecular weight is 433 g/mol. The number of nitrogens with one attached hydrogen (secondary N) is 1. The number of ether oxygens (including phenoxy) is 2. The van der Waals surface area contributed by atoms with Gasteiger partial charge in [-0.15, -0.1) is 0 Å².